The zero-order chi connectivity index (χ0) is 15.9. The van der Waals surface area contributed by atoms with Crippen LogP contribution >= 0.6 is 0 Å². The van der Waals surface area contributed by atoms with Crippen molar-refractivity contribution in [2.24, 2.45) is 5.73 Å². The van der Waals surface area contributed by atoms with Crippen molar-refractivity contribution in [3.63, 3.8) is 0 Å². The number of amides is 2. The van der Waals surface area contributed by atoms with Gasteiger partial charge in [0.05, 0.1) is 7.11 Å². The molecule has 6 nitrogen and oxygen atoms in total. The van der Waals surface area contributed by atoms with Gasteiger partial charge in [0.1, 0.15) is 11.8 Å². The zero-order valence-electron chi connectivity index (χ0n) is 12.2. The Bertz CT molecular complexity index is 659. The van der Waals surface area contributed by atoms with Gasteiger partial charge in [-0.15, -0.1) is 0 Å². The van der Waals surface area contributed by atoms with E-state index in [-0.39, 0.29) is 12.3 Å². The molecule has 0 aliphatic carbocycles. The molecule has 22 heavy (non-hydrogen) atoms. The third-order valence-corrected chi connectivity index (χ3v) is 3.21. The molecule has 1 atom stereocenters. The Kier molecular flexibility index (Phi) is 5.08. The van der Waals surface area contributed by atoms with Crippen LogP contribution in [0.25, 0.3) is 0 Å². The van der Waals surface area contributed by atoms with Crippen molar-refractivity contribution < 1.29 is 14.3 Å². The highest BCUT2D eigenvalue weighted by Crippen LogP contribution is 2.19. The average Bonchev–Trinajstić information content (AvgIpc) is 2.55. The van der Waals surface area contributed by atoms with E-state index in [9.17, 15) is 9.59 Å². The van der Waals surface area contributed by atoms with Crippen molar-refractivity contribution in [2.45, 2.75) is 12.5 Å². The van der Waals surface area contributed by atoms with Crippen LogP contribution in [-0.2, 0) is 11.2 Å². The molecule has 0 spiro atoms. The van der Waals surface area contributed by atoms with E-state index >= 15 is 0 Å². The molecule has 0 aliphatic heterocycles. The van der Waals surface area contributed by atoms with Gasteiger partial charge in [-0.2, -0.15) is 0 Å². The number of benzene rings is 1. The molecule has 1 aromatic heterocycles. The second kappa shape index (κ2) is 7.21. The van der Waals surface area contributed by atoms with Gasteiger partial charge in [-0.25, -0.2) is 0 Å². The number of nitrogens with one attached hydrogen (secondary N) is 1. The summed E-state index contributed by atoms with van der Waals surface area (Å²) in [7, 11) is 1.55. The Morgan fingerprint density at radius 1 is 1.23 bits per heavy atom. The van der Waals surface area contributed by atoms with E-state index in [0.717, 1.165) is 5.56 Å². The Morgan fingerprint density at radius 3 is 2.55 bits per heavy atom. The van der Waals surface area contributed by atoms with Crippen LogP contribution in [-0.4, -0.2) is 29.9 Å². The molecular weight excluding hydrogens is 282 g/mol. The lowest BCUT2D eigenvalue weighted by Gasteiger charge is -2.17. The summed E-state index contributed by atoms with van der Waals surface area (Å²) in [4.78, 5) is 27.6. The summed E-state index contributed by atoms with van der Waals surface area (Å²) < 4.78 is 5.24. The molecule has 0 fully saturated rings. The number of aromatic nitrogens is 1. The van der Waals surface area contributed by atoms with E-state index in [2.05, 4.69) is 10.3 Å². The number of carbonyl (C=O) groups excluding carboxylic acids is 2. The summed E-state index contributed by atoms with van der Waals surface area (Å²) in [5, 5.41) is 2.64. The first-order chi connectivity index (χ1) is 10.6. The van der Waals surface area contributed by atoms with Gasteiger partial charge in [-0.05, 0) is 23.8 Å². The molecule has 0 unspecified atom stereocenters. The number of carbonyl (C=O) groups is 2. The number of rotatable bonds is 6. The van der Waals surface area contributed by atoms with Gasteiger partial charge in [0.2, 0.25) is 5.91 Å². The van der Waals surface area contributed by atoms with Crippen LogP contribution in [0.1, 0.15) is 15.9 Å². The maximum atomic E-state index is 12.1. The first kappa shape index (κ1) is 15.5. The van der Waals surface area contributed by atoms with Crippen LogP contribution in [0.15, 0.2) is 48.8 Å². The molecule has 0 radical (unpaired) electrons. The van der Waals surface area contributed by atoms with Gasteiger partial charge < -0.3 is 15.8 Å². The fourth-order valence-electron chi connectivity index (χ4n) is 2.06. The summed E-state index contributed by atoms with van der Waals surface area (Å²) in [5.74, 6) is -0.332. The number of pyridine rings is 1. The number of para-hydroxylation sites is 1. The molecule has 0 bridgehead atoms. The molecule has 1 aromatic carbocycles. The van der Waals surface area contributed by atoms with Gasteiger partial charge >= 0.3 is 0 Å². The van der Waals surface area contributed by atoms with Crippen LogP contribution in [0.4, 0.5) is 0 Å². The monoisotopic (exact) mass is 299 g/mol. The van der Waals surface area contributed by atoms with Crippen molar-refractivity contribution in [3.8, 4) is 5.75 Å². The normalized spacial score (nSPS) is 11.5. The molecule has 2 amide bonds. The average molecular weight is 299 g/mol. The second-order valence-corrected chi connectivity index (χ2v) is 4.68. The zero-order valence-corrected chi connectivity index (χ0v) is 12.2. The smallest absolute Gasteiger partial charge is 0.252 e. The van der Waals surface area contributed by atoms with Crippen LogP contribution < -0.4 is 15.8 Å². The molecule has 2 rings (SSSR count). The SMILES string of the molecule is COc1ccccc1C[C@@H](NC(=O)c1ccncc1)C(N)=O. The van der Waals surface area contributed by atoms with E-state index in [1.807, 2.05) is 18.2 Å². The predicted octanol–water partition coefficient (Wildman–Crippen LogP) is 0.917. The molecule has 6 heteroatoms. The van der Waals surface area contributed by atoms with Crippen molar-refractivity contribution >= 4 is 11.8 Å². The van der Waals surface area contributed by atoms with Crippen molar-refractivity contribution in [1.82, 2.24) is 10.3 Å². The molecule has 0 aliphatic rings. The number of ether oxygens (including phenoxy) is 1. The van der Waals surface area contributed by atoms with Gasteiger partial charge in [-0.1, -0.05) is 18.2 Å². The maximum absolute atomic E-state index is 12.1. The summed E-state index contributed by atoms with van der Waals surface area (Å²) in [6, 6.07) is 9.59. The molecule has 3 N–H and O–H groups in total. The minimum Gasteiger partial charge on any atom is -0.496 e. The maximum Gasteiger partial charge on any atom is 0.252 e. The second-order valence-electron chi connectivity index (χ2n) is 4.68. The Morgan fingerprint density at radius 2 is 1.91 bits per heavy atom. The first-order valence-electron chi connectivity index (χ1n) is 6.74. The summed E-state index contributed by atoms with van der Waals surface area (Å²) in [5.41, 5.74) is 6.61. The Balaban J connectivity index is 2.14. The van der Waals surface area contributed by atoms with Crippen LogP contribution in [0.3, 0.4) is 0 Å². The number of hydrogen-bond donors (Lipinski definition) is 2. The number of methoxy groups -OCH3 is 1. The van der Waals surface area contributed by atoms with Gasteiger partial charge in [0, 0.05) is 24.4 Å². The highest BCUT2D eigenvalue weighted by Gasteiger charge is 2.20. The molecule has 114 valence electrons. The van der Waals surface area contributed by atoms with E-state index in [1.54, 1.807) is 25.3 Å². The largest absolute Gasteiger partial charge is 0.496 e. The van der Waals surface area contributed by atoms with Crippen molar-refractivity contribution in [1.29, 1.82) is 0 Å². The molecule has 1 heterocycles. The number of nitrogens with two attached hydrogens (primary N) is 1. The molecular formula is C16H17N3O3. The highest BCUT2D eigenvalue weighted by atomic mass is 16.5. The molecule has 0 saturated carbocycles. The number of nitrogens with zero attached hydrogens (tertiary/aromatic N) is 1. The third-order valence-electron chi connectivity index (χ3n) is 3.21. The minimum atomic E-state index is -0.822. The van der Waals surface area contributed by atoms with Crippen LogP contribution in [0.2, 0.25) is 0 Å². The lowest BCUT2D eigenvalue weighted by atomic mass is 10.0. The number of hydrogen-bond acceptors (Lipinski definition) is 4. The van der Waals surface area contributed by atoms with Gasteiger partial charge in [0.15, 0.2) is 0 Å². The fraction of sp³-hybridized carbons (Fsp3) is 0.188. The first-order valence-corrected chi connectivity index (χ1v) is 6.74. The third kappa shape index (κ3) is 3.82. The van der Waals surface area contributed by atoms with E-state index in [4.69, 9.17) is 10.5 Å². The van der Waals surface area contributed by atoms with E-state index < -0.39 is 11.9 Å². The Labute approximate surface area is 128 Å². The van der Waals surface area contributed by atoms with Crippen molar-refractivity contribution in [3.05, 3.63) is 59.9 Å². The molecule has 0 saturated heterocycles. The lowest BCUT2D eigenvalue weighted by molar-refractivity contribution is -0.119. The van der Waals surface area contributed by atoms with Gasteiger partial charge in [-0.3, -0.25) is 14.6 Å². The van der Waals surface area contributed by atoms with Crippen LogP contribution in [0, 0.1) is 0 Å². The van der Waals surface area contributed by atoms with Gasteiger partial charge in [0.25, 0.3) is 5.91 Å². The van der Waals surface area contributed by atoms with E-state index in [0.29, 0.717) is 11.3 Å². The Hall–Kier alpha value is -2.89. The fourth-order valence-corrected chi connectivity index (χ4v) is 2.06. The molecule has 2 aromatic rings. The summed E-state index contributed by atoms with van der Waals surface area (Å²) in [6.07, 6.45) is 3.28. The number of primary amides is 1. The topological polar surface area (TPSA) is 94.3 Å². The quantitative estimate of drug-likeness (QED) is 0.829. The standard InChI is InChI=1S/C16H17N3O3/c1-22-14-5-3-2-4-12(14)10-13(15(17)20)19-16(21)11-6-8-18-9-7-11/h2-9,13H,10H2,1H3,(H2,17,20)(H,19,21)/t13-/m1/s1. The minimum absolute atomic E-state index is 0.260. The summed E-state index contributed by atoms with van der Waals surface area (Å²) in [6.45, 7) is 0. The highest BCUT2D eigenvalue weighted by molar-refractivity contribution is 5.97. The van der Waals surface area contributed by atoms with Crippen molar-refractivity contribution in [2.75, 3.05) is 7.11 Å². The van der Waals surface area contributed by atoms with Crippen LogP contribution in [0.5, 0.6) is 5.75 Å². The lowest BCUT2D eigenvalue weighted by Crippen LogP contribution is -2.45. The predicted molar refractivity (Wildman–Crippen MR) is 81.4 cm³/mol. The van der Waals surface area contributed by atoms with E-state index in [1.165, 1.54) is 12.4 Å². The summed E-state index contributed by atoms with van der Waals surface area (Å²) >= 11 is 0.